The van der Waals surface area contributed by atoms with E-state index in [0.717, 1.165) is 10.4 Å². The number of fused-ring (bicyclic) bond motifs is 1. The molecule has 3 heterocycles. The van der Waals surface area contributed by atoms with Crippen molar-refractivity contribution in [1.29, 1.82) is 0 Å². The van der Waals surface area contributed by atoms with Crippen molar-refractivity contribution >= 4 is 32.9 Å². The number of rotatable bonds is 4. The van der Waals surface area contributed by atoms with Gasteiger partial charge in [0.25, 0.3) is 5.56 Å². The lowest BCUT2D eigenvalue weighted by molar-refractivity contribution is 0.406. The lowest BCUT2D eigenvalue weighted by Gasteiger charge is -2.10. The van der Waals surface area contributed by atoms with Gasteiger partial charge in [-0.15, -0.1) is 22.7 Å². The molecule has 4 rings (SSSR count). The highest BCUT2D eigenvalue weighted by Gasteiger charge is 2.15. The Kier molecular flexibility index (Phi) is 4.34. The molecule has 0 fully saturated rings. The zero-order valence-corrected chi connectivity index (χ0v) is 15.8. The van der Waals surface area contributed by atoms with Crippen LogP contribution in [0.1, 0.15) is 10.4 Å². The van der Waals surface area contributed by atoms with Crippen molar-refractivity contribution in [3.8, 4) is 16.2 Å². The van der Waals surface area contributed by atoms with Crippen molar-refractivity contribution in [3.05, 3.63) is 68.7 Å². The average Bonchev–Trinajstić information content (AvgIpc) is 3.24. The molecule has 0 N–H and O–H groups in total. The van der Waals surface area contributed by atoms with Crippen molar-refractivity contribution in [1.82, 2.24) is 9.55 Å². The number of halogens is 1. The molecular formula is C19H15FN2O2S2. The molecule has 0 unspecified atom stereocenters. The molecule has 0 aliphatic carbocycles. The van der Waals surface area contributed by atoms with Gasteiger partial charge in [-0.25, -0.2) is 9.37 Å². The van der Waals surface area contributed by atoms with Gasteiger partial charge in [0.2, 0.25) is 0 Å². The first-order valence-electron chi connectivity index (χ1n) is 7.92. The van der Waals surface area contributed by atoms with Gasteiger partial charge in [-0.3, -0.25) is 9.36 Å². The van der Waals surface area contributed by atoms with E-state index in [1.54, 1.807) is 17.4 Å². The highest BCUT2D eigenvalue weighted by molar-refractivity contribution is 7.19. The largest absolute Gasteiger partial charge is 0.496 e. The van der Waals surface area contributed by atoms with Crippen molar-refractivity contribution < 1.29 is 9.13 Å². The van der Waals surface area contributed by atoms with Crippen LogP contribution in [0.4, 0.5) is 4.39 Å². The number of ether oxygens (including phenoxy) is 1. The zero-order valence-electron chi connectivity index (χ0n) is 14.2. The molecule has 0 saturated carbocycles. The normalized spacial score (nSPS) is 11.2. The maximum Gasteiger partial charge on any atom is 0.263 e. The average molecular weight is 386 g/mol. The van der Waals surface area contributed by atoms with Crippen LogP contribution in [0.3, 0.4) is 0 Å². The highest BCUT2D eigenvalue weighted by atomic mass is 32.1. The predicted molar refractivity (Wildman–Crippen MR) is 104 cm³/mol. The zero-order chi connectivity index (χ0) is 18.3. The van der Waals surface area contributed by atoms with Crippen molar-refractivity contribution in [2.75, 3.05) is 7.11 Å². The fraction of sp³-hybridized carbons (Fsp3) is 0.158. The molecule has 0 spiro atoms. The van der Waals surface area contributed by atoms with E-state index in [4.69, 9.17) is 4.74 Å². The van der Waals surface area contributed by atoms with Gasteiger partial charge >= 0.3 is 0 Å². The molecule has 26 heavy (non-hydrogen) atoms. The Morgan fingerprint density at radius 3 is 2.85 bits per heavy atom. The number of benzene rings is 1. The van der Waals surface area contributed by atoms with E-state index >= 15 is 0 Å². The number of hydrogen-bond donors (Lipinski definition) is 0. The van der Waals surface area contributed by atoms with E-state index in [9.17, 15) is 9.18 Å². The van der Waals surface area contributed by atoms with Crippen LogP contribution >= 0.6 is 22.7 Å². The molecule has 0 aliphatic heterocycles. The van der Waals surface area contributed by atoms with Gasteiger partial charge in [0.15, 0.2) is 0 Å². The van der Waals surface area contributed by atoms with Crippen molar-refractivity contribution in [2.24, 2.45) is 0 Å². The van der Waals surface area contributed by atoms with Gasteiger partial charge in [-0.1, -0.05) is 0 Å². The fourth-order valence-corrected chi connectivity index (χ4v) is 4.76. The van der Waals surface area contributed by atoms with Gasteiger partial charge < -0.3 is 4.74 Å². The van der Waals surface area contributed by atoms with Crippen LogP contribution in [0, 0.1) is 12.7 Å². The summed E-state index contributed by atoms with van der Waals surface area (Å²) < 4.78 is 20.4. The van der Waals surface area contributed by atoms with Gasteiger partial charge in [-0.05, 0) is 37.3 Å². The van der Waals surface area contributed by atoms with E-state index < -0.39 is 0 Å². The third-order valence-corrected chi connectivity index (χ3v) is 6.07. The molecule has 0 saturated heterocycles. The molecular weight excluding hydrogens is 371 g/mol. The van der Waals surface area contributed by atoms with E-state index in [0.29, 0.717) is 21.5 Å². The number of methoxy groups -OCH3 is 1. The minimum Gasteiger partial charge on any atom is -0.496 e. The Labute approximate surface area is 157 Å². The Morgan fingerprint density at radius 1 is 1.27 bits per heavy atom. The van der Waals surface area contributed by atoms with Crippen molar-refractivity contribution in [2.45, 2.75) is 13.5 Å². The first kappa shape index (κ1) is 16.9. The highest BCUT2D eigenvalue weighted by Crippen LogP contribution is 2.35. The number of nitrogens with zero attached hydrogens (tertiary/aromatic N) is 2. The predicted octanol–water partition coefficient (Wildman–Crippen LogP) is 4.69. The summed E-state index contributed by atoms with van der Waals surface area (Å²) in [4.78, 5) is 20.4. The van der Waals surface area contributed by atoms with Gasteiger partial charge in [0.1, 0.15) is 16.4 Å². The minimum absolute atomic E-state index is 0.136. The number of aromatic nitrogens is 2. The lowest BCUT2D eigenvalue weighted by Crippen LogP contribution is -2.21. The Hall–Kier alpha value is -2.51. The van der Waals surface area contributed by atoms with Crippen LogP contribution in [0.15, 0.2) is 46.8 Å². The van der Waals surface area contributed by atoms with E-state index in [1.807, 2.05) is 24.4 Å². The Morgan fingerprint density at radius 2 is 2.12 bits per heavy atom. The molecule has 1 aromatic carbocycles. The molecule has 4 aromatic rings. The molecule has 0 atom stereocenters. The second-order valence-electron chi connectivity index (χ2n) is 5.87. The summed E-state index contributed by atoms with van der Waals surface area (Å²) in [6.07, 6.45) is 1.51. The number of aryl methyl sites for hydroxylation is 1. The smallest absolute Gasteiger partial charge is 0.263 e. The van der Waals surface area contributed by atoms with Gasteiger partial charge in [-0.2, -0.15) is 0 Å². The van der Waals surface area contributed by atoms with Crippen LogP contribution in [0.5, 0.6) is 5.75 Å². The van der Waals surface area contributed by atoms with Crippen LogP contribution in [0.25, 0.3) is 20.7 Å². The SMILES string of the molecule is COc1ccc(F)cc1Cn1cnc2scc(-c3ccc(C)s3)c2c1=O. The van der Waals surface area contributed by atoms with E-state index in [2.05, 4.69) is 4.98 Å². The number of hydrogen-bond acceptors (Lipinski definition) is 5. The third-order valence-electron chi connectivity index (χ3n) is 4.15. The first-order chi connectivity index (χ1) is 12.6. The second-order valence-corrected chi connectivity index (χ2v) is 8.02. The summed E-state index contributed by atoms with van der Waals surface area (Å²) in [6, 6.07) is 8.34. The Bertz CT molecular complexity index is 1160. The summed E-state index contributed by atoms with van der Waals surface area (Å²) in [5.41, 5.74) is 1.37. The van der Waals surface area contributed by atoms with Crippen LogP contribution in [0.2, 0.25) is 0 Å². The third kappa shape index (κ3) is 2.93. The number of thiophene rings is 2. The molecule has 7 heteroatoms. The molecule has 132 valence electrons. The molecule has 4 nitrogen and oxygen atoms in total. The van der Waals surface area contributed by atoms with Crippen LogP contribution in [-0.2, 0) is 6.54 Å². The van der Waals surface area contributed by atoms with E-state index in [1.165, 1.54) is 46.4 Å². The van der Waals surface area contributed by atoms with Crippen LogP contribution < -0.4 is 10.3 Å². The quantitative estimate of drug-likeness (QED) is 0.511. The van der Waals surface area contributed by atoms with E-state index in [-0.39, 0.29) is 17.9 Å². The summed E-state index contributed by atoms with van der Waals surface area (Å²) in [7, 11) is 1.52. The van der Waals surface area contributed by atoms with Crippen molar-refractivity contribution in [3.63, 3.8) is 0 Å². The summed E-state index contributed by atoms with van der Waals surface area (Å²) in [5.74, 6) is 0.172. The topological polar surface area (TPSA) is 44.1 Å². The molecule has 0 amide bonds. The fourth-order valence-electron chi connectivity index (χ4n) is 2.90. The Balaban J connectivity index is 1.84. The maximum absolute atomic E-state index is 13.6. The molecule has 3 aromatic heterocycles. The summed E-state index contributed by atoms with van der Waals surface area (Å²) >= 11 is 3.10. The second kappa shape index (κ2) is 6.66. The van der Waals surface area contributed by atoms with Gasteiger partial charge in [0, 0.05) is 26.3 Å². The molecule has 0 aliphatic rings. The molecule has 0 bridgehead atoms. The summed E-state index contributed by atoms with van der Waals surface area (Å²) in [6.45, 7) is 2.23. The standard InChI is InChI=1S/C19H15FN2O2S2/c1-11-3-6-16(26-11)14-9-25-18-17(14)19(23)22(10-21-18)8-12-7-13(20)4-5-15(12)24-2/h3-7,9-10H,8H2,1-2H3. The van der Waals surface area contributed by atoms with Crippen LogP contribution in [-0.4, -0.2) is 16.7 Å². The van der Waals surface area contributed by atoms with Gasteiger partial charge in [0.05, 0.1) is 25.4 Å². The monoisotopic (exact) mass is 386 g/mol. The lowest BCUT2D eigenvalue weighted by atomic mass is 10.2. The minimum atomic E-state index is -0.367. The summed E-state index contributed by atoms with van der Waals surface area (Å²) in [5, 5.41) is 2.58. The maximum atomic E-state index is 13.6. The first-order valence-corrected chi connectivity index (χ1v) is 9.62. The molecule has 0 radical (unpaired) electrons.